The fraction of sp³-hybridized carbons (Fsp3) is 0.333. The molecule has 0 unspecified atom stereocenters. The number of rotatable bonds is 4. The number of halogens is 1. The van der Waals surface area contributed by atoms with E-state index in [-0.39, 0.29) is 0 Å². The summed E-state index contributed by atoms with van der Waals surface area (Å²) in [6.45, 7) is 0. The zero-order valence-electron chi connectivity index (χ0n) is 12.5. The summed E-state index contributed by atoms with van der Waals surface area (Å²) in [6, 6.07) is 17.3. The smallest absolute Gasteiger partial charge is 0.0596 e. The lowest BCUT2D eigenvalue weighted by atomic mass is 9.76. The van der Waals surface area contributed by atoms with Gasteiger partial charge in [0.1, 0.15) is 0 Å². The third-order valence-electron chi connectivity index (χ3n) is 4.20. The third-order valence-corrected chi connectivity index (χ3v) is 4.44. The number of hydrogen-bond donors (Lipinski definition) is 1. The molecule has 1 saturated carbocycles. The van der Waals surface area contributed by atoms with Gasteiger partial charge in [-0.15, -0.1) is 0 Å². The first-order valence-corrected chi connectivity index (χ1v) is 7.79. The van der Waals surface area contributed by atoms with E-state index in [4.69, 9.17) is 11.6 Å². The summed E-state index contributed by atoms with van der Waals surface area (Å²) in [5.41, 5.74) is 3.82. The monoisotopic (exact) mass is 300 g/mol. The highest BCUT2D eigenvalue weighted by Gasteiger charge is 2.30. The van der Waals surface area contributed by atoms with Gasteiger partial charge in [-0.05, 0) is 48.6 Å². The number of anilines is 2. The van der Waals surface area contributed by atoms with Crippen molar-refractivity contribution in [3.05, 3.63) is 59.1 Å². The molecule has 0 atom stereocenters. The summed E-state index contributed by atoms with van der Waals surface area (Å²) in [5, 5.41) is 4.50. The van der Waals surface area contributed by atoms with E-state index in [0.717, 1.165) is 5.02 Å². The maximum absolute atomic E-state index is 6.07. The average molecular weight is 301 g/mol. The molecule has 0 heterocycles. The third kappa shape index (κ3) is 3.16. The second-order valence-corrected chi connectivity index (χ2v) is 6.41. The molecule has 1 fully saturated rings. The Balaban J connectivity index is 1.63. The summed E-state index contributed by atoms with van der Waals surface area (Å²) in [5.74, 6) is 0.632. The van der Waals surface area contributed by atoms with Crippen LogP contribution in [0.4, 0.5) is 11.4 Å². The number of hydrogen-bond acceptors (Lipinski definition) is 2. The zero-order valence-corrected chi connectivity index (χ0v) is 13.3. The summed E-state index contributed by atoms with van der Waals surface area (Å²) >= 11 is 6.07. The first-order chi connectivity index (χ1) is 10.1. The predicted molar refractivity (Wildman–Crippen MR) is 91.6 cm³/mol. The Kier molecular flexibility index (Phi) is 4.07. The van der Waals surface area contributed by atoms with Crippen molar-refractivity contribution in [2.45, 2.75) is 24.8 Å². The lowest BCUT2D eigenvalue weighted by Gasteiger charge is -2.37. The molecule has 2 aromatic carbocycles. The Morgan fingerprint density at radius 2 is 1.81 bits per heavy atom. The van der Waals surface area contributed by atoms with E-state index in [1.54, 1.807) is 0 Å². The minimum absolute atomic E-state index is 0.551. The highest BCUT2D eigenvalue weighted by molar-refractivity contribution is 6.30. The molecule has 3 heteroatoms. The van der Waals surface area contributed by atoms with E-state index in [1.165, 1.54) is 29.8 Å². The molecule has 0 aliphatic heterocycles. The van der Waals surface area contributed by atoms with Crippen molar-refractivity contribution in [1.82, 2.24) is 0 Å². The van der Waals surface area contributed by atoms with Crippen LogP contribution in [0.3, 0.4) is 0 Å². The molecule has 0 saturated heterocycles. The minimum atomic E-state index is 0.551. The number of nitrogens with zero attached hydrogens (tertiary/aromatic N) is 1. The molecular weight excluding hydrogens is 280 g/mol. The van der Waals surface area contributed by atoms with Crippen molar-refractivity contribution in [3.63, 3.8) is 0 Å². The molecule has 110 valence electrons. The lowest BCUT2D eigenvalue weighted by molar-refractivity contribution is 0.374. The van der Waals surface area contributed by atoms with Gasteiger partial charge in [0.2, 0.25) is 0 Å². The Morgan fingerprint density at radius 1 is 1.05 bits per heavy atom. The van der Waals surface area contributed by atoms with Crippen molar-refractivity contribution >= 4 is 23.0 Å². The minimum Gasteiger partial charge on any atom is -0.381 e. The van der Waals surface area contributed by atoms with E-state index in [1.807, 2.05) is 12.1 Å². The van der Waals surface area contributed by atoms with Crippen LogP contribution in [-0.4, -0.2) is 20.1 Å². The van der Waals surface area contributed by atoms with Gasteiger partial charge in [0.25, 0.3) is 0 Å². The van der Waals surface area contributed by atoms with Gasteiger partial charge in [0.05, 0.1) is 11.4 Å². The van der Waals surface area contributed by atoms with Gasteiger partial charge in [0.15, 0.2) is 0 Å². The van der Waals surface area contributed by atoms with Crippen molar-refractivity contribution in [3.8, 4) is 0 Å². The Bertz CT molecular complexity index is 618. The van der Waals surface area contributed by atoms with E-state index < -0.39 is 0 Å². The van der Waals surface area contributed by atoms with Crippen LogP contribution in [0.25, 0.3) is 0 Å². The summed E-state index contributed by atoms with van der Waals surface area (Å²) in [7, 11) is 4.16. The average Bonchev–Trinajstić information content (AvgIpc) is 2.42. The van der Waals surface area contributed by atoms with Gasteiger partial charge in [-0.3, -0.25) is 0 Å². The van der Waals surface area contributed by atoms with E-state index in [9.17, 15) is 0 Å². The van der Waals surface area contributed by atoms with E-state index in [2.05, 4.69) is 60.7 Å². The van der Waals surface area contributed by atoms with Crippen molar-refractivity contribution in [1.29, 1.82) is 0 Å². The fourth-order valence-electron chi connectivity index (χ4n) is 2.97. The first kappa shape index (κ1) is 14.3. The molecule has 1 N–H and O–H groups in total. The predicted octanol–water partition coefficient (Wildman–Crippen LogP) is 4.76. The second-order valence-electron chi connectivity index (χ2n) is 5.98. The van der Waals surface area contributed by atoms with Crippen molar-refractivity contribution in [2.24, 2.45) is 0 Å². The molecule has 0 amide bonds. The molecule has 1 aliphatic carbocycles. The molecule has 2 nitrogen and oxygen atoms in total. The van der Waals surface area contributed by atoms with Gasteiger partial charge < -0.3 is 10.2 Å². The molecule has 0 spiro atoms. The van der Waals surface area contributed by atoms with Crippen LogP contribution < -0.4 is 10.2 Å². The highest BCUT2D eigenvalue weighted by atomic mass is 35.5. The normalized spacial score (nSPS) is 20.7. The molecular formula is C18H21ClN2. The molecule has 3 rings (SSSR count). The SMILES string of the molecule is CN(C)c1ccccc1NC1CC(c2cccc(Cl)c2)C1. The first-order valence-electron chi connectivity index (χ1n) is 7.42. The molecule has 0 aromatic heterocycles. The largest absolute Gasteiger partial charge is 0.381 e. The Morgan fingerprint density at radius 3 is 2.52 bits per heavy atom. The lowest BCUT2D eigenvalue weighted by Crippen LogP contribution is -2.34. The molecule has 2 aromatic rings. The van der Waals surface area contributed by atoms with Crippen LogP contribution in [0.15, 0.2) is 48.5 Å². The Labute approximate surface area is 131 Å². The number of benzene rings is 2. The van der Waals surface area contributed by atoms with E-state index >= 15 is 0 Å². The van der Waals surface area contributed by atoms with E-state index in [0.29, 0.717) is 12.0 Å². The number of nitrogens with one attached hydrogen (secondary N) is 1. The highest BCUT2D eigenvalue weighted by Crippen LogP contribution is 2.40. The van der Waals surface area contributed by atoms with Gasteiger partial charge in [-0.2, -0.15) is 0 Å². The van der Waals surface area contributed by atoms with Gasteiger partial charge in [-0.25, -0.2) is 0 Å². The van der Waals surface area contributed by atoms with Gasteiger partial charge in [0, 0.05) is 25.2 Å². The summed E-state index contributed by atoms with van der Waals surface area (Å²) in [4.78, 5) is 2.15. The van der Waals surface area contributed by atoms with Crippen molar-refractivity contribution in [2.75, 3.05) is 24.3 Å². The van der Waals surface area contributed by atoms with Crippen LogP contribution in [0.2, 0.25) is 5.02 Å². The quantitative estimate of drug-likeness (QED) is 0.875. The molecule has 0 radical (unpaired) electrons. The standard InChI is InChI=1S/C18H21ClN2/c1-21(2)18-9-4-3-8-17(18)20-16-11-14(12-16)13-6-5-7-15(19)10-13/h3-10,14,16,20H,11-12H2,1-2H3. The van der Waals surface area contributed by atoms with Crippen molar-refractivity contribution < 1.29 is 0 Å². The maximum atomic E-state index is 6.07. The van der Waals surface area contributed by atoms with Crippen LogP contribution in [0.1, 0.15) is 24.3 Å². The van der Waals surface area contributed by atoms with Gasteiger partial charge >= 0.3 is 0 Å². The summed E-state index contributed by atoms with van der Waals surface area (Å²) < 4.78 is 0. The van der Waals surface area contributed by atoms with Crippen LogP contribution in [0, 0.1) is 0 Å². The summed E-state index contributed by atoms with van der Waals surface area (Å²) in [6.07, 6.45) is 2.34. The van der Waals surface area contributed by atoms with Crippen LogP contribution >= 0.6 is 11.6 Å². The van der Waals surface area contributed by atoms with Gasteiger partial charge in [-0.1, -0.05) is 35.9 Å². The number of para-hydroxylation sites is 2. The van der Waals surface area contributed by atoms with Crippen LogP contribution in [-0.2, 0) is 0 Å². The Hall–Kier alpha value is -1.67. The van der Waals surface area contributed by atoms with Crippen LogP contribution in [0.5, 0.6) is 0 Å². The maximum Gasteiger partial charge on any atom is 0.0596 e. The topological polar surface area (TPSA) is 15.3 Å². The molecule has 1 aliphatic rings. The second kappa shape index (κ2) is 5.98. The molecule has 21 heavy (non-hydrogen) atoms. The fourth-order valence-corrected chi connectivity index (χ4v) is 3.17. The zero-order chi connectivity index (χ0) is 14.8. The molecule has 0 bridgehead atoms.